The minimum atomic E-state index is -0.0119. The lowest BCUT2D eigenvalue weighted by atomic mass is 10.1. The largest absolute Gasteiger partial charge is 0.349 e. The molecule has 1 aliphatic carbocycles. The summed E-state index contributed by atoms with van der Waals surface area (Å²) in [6.45, 7) is 0.334. The smallest absolute Gasteiger partial charge is 0.251 e. The number of azide groups is 1. The molecule has 1 fully saturated rings. The number of rotatable bonds is 5. The Morgan fingerprint density at radius 2 is 2.17 bits per heavy atom. The molecule has 0 atom stereocenters. The summed E-state index contributed by atoms with van der Waals surface area (Å²) < 4.78 is 0. The Hall–Kier alpha value is -2.26. The Morgan fingerprint density at radius 1 is 1.44 bits per heavy atom. The molecule has 1 amide bonds. The minimum Gasteiger partial charge on any atom is -0.349 e. The molecule has 0 spiro atoms. The van der Waals surface area contributed by atoms with Crippen LogP contribution in [0, 0.1) is 0 Å². The summed E-state index contributed by atoms with van der Waals surface area (Å²) in [5, 5.41) is 6.34. The Morgan fingerprint density at radius 3 is 2.78 bits per heavy atom. The molecule has 0 saturated heterocycles. The second-order valence-corrected chi connectivity index (χ2v) is 4.19. The average Bonchev–Trinajstić information content (AvgIpc) is 3.19. The summed E-state index contributed by atoms with van der Waals surface area (Å²) in [5.41, 5.74) is 9.77. The van der Waals surface area contributed by atoms with Crippen molar-refractivity contribution >= 4 is 12.0 Å². The number of carbonyl (C=O) groups is 1. The first-order valence-electron chi connectivity index (χ1n) is 5.88. The van der Waals surface area contributed by atoms with Gasteiger partial charge in [0.1, 0.15) is 0 Å². The molecule has 0 bridgehead atoms. The Kier molecular flexibility index (Phi) is 3.99. The van der Waals surface area contributed by atoms with Crippen LogP contribution >= 0.6 is 0 Å². The van der Waals surface area contributed by atoms with Gasteiger partial charge in [-0.15, -0.1) is 0 Å². The van der Waals surface area contributed by atoms with Gasteiger partial charge in [-0.25, -0.2) is 0 Å². The summed E-state index contributed by atoms with van der Waals surface area (Å²) in [6, 6.07) is 7.71. The molecule has 5 nitrogen and oxygen atoms in total. The Balaban J connectivity index is 1.93. The third-order valence-corrected chi connectivity index (χ3v) is 2.65. The SMILES string of the molecule is [N-]=[N+]=NCC=Cc1ccc(C(=O)NC2CC2)cc1. The van der Waals surface area contributed by atoms with Gasteiger partial charge in [0.25, 0.3) is 5.91 Å². The van der Waals surface area contributed by atoms with Gasteiger partial charge in [0.2, 0.25) is 0 Å². The van der Waals surface area contributed by atoms with Gasteiger partial charge in [-0.1, -0.05) is 29.4 Å². The monoisotopic (exact) mass is 242 g/mol. The first-order chi connectivity index (χ1) is 8.79. The van der Waals surface area contributed by atoms with E-state index in [0.29, 0.717) is 18.2 Å². The maximum atomic E-state index is 11.7. The van der Waals surface area contributed by atoms with Crippen LogP contribution in [0.4, 0.5) is 0 Å². The van der Waals surface area contributed by atoms with Crippen molar-refractivity contribution in [3.63, 3.8) is 0 Å². The van der Waals surface area contributed by atoms with Crippen LogP contribution in [-0.4, -0.2) is 18.5 Å². The van der Waals surface area contributed by atoms with E-state index in [1.54, 1.807) is 18.2 Å². The molecule has 0 aromatic heterocycles. The van der Waals surface area contributed by atoms with Crippen LogP contribution in [0.25, 0.3) is 16.5 Å². The van der Waals surface area contributed by atoms with Crippen molar-refractivity contribution in [2.24, 2.45) is 5.11 Å². The lowest BCUT2D eigenvalue weighted by Gasteiger charge is -2.03. The van der Waals surface area contributed by atoms with E-state index in [2.05, 4.69) is 15.3 Å². The number of nitrogens with zero attached hydrogens (tertiary/aromatic N) is 3. The zero-order valence-electron chi connectivity index (χ0n) is 9.91. The average molecular weight is 242 g/mol. The molecule has 1 saturated carbocycles. The standard InChI is InChI=1S/C13H14N4O/c14-17-15-9-1-2-10-3-5-11(6-4-10)13(18)16-12-7-8-12/h1-6,12H,7-9H2,(H,16,18). The predicted molar refractivity (Wildman–Crippen MR) is 70.0 cm³/mol. The van der Waals surface area contributed by atoms with Crippen LogP contribution in [0.2, 0.25) is 0 Å². The van der Waals surface area contributed by atoms with Crippen molar-refractivity contribution in [2.45, 2.75) is 18.9 Å². The fraction of sp³-hybridized carbons (Fsp3) is 0.308. The maximum Gasteiger partial charge on any atom is 0.251 e. The molecule has 1 aromatic carbocycles. The first kappa shape index (κ1) is 12.2. The van der Waals surface area contributed by atoms with Gasteiger partial charge in [0.05, 0.1) is 0 Å². The maximum absolute atomic E-state index is 11.7. The number of nitrogens with one attached hydrogen (secondary N) is 1. The van der Waals surface area contributed by atoms with Crippen molar-refractivity contribution in [3.8, 4) is 0 Å². The van der Waals surface area contributed by atoms with Crippen molar-refractivity contribution in [2.75, 3.05) is 6.54 Å². The predicted octanol–water partition coefficient (Wildman–Crippen LogP) is 2.90. The van der Waals surface area contributed by atoms with Crippen LogP contribution in [-0.2, 0) is 0 Å². The molecule has 2 rings (SSSR count). The van der Waals surface area contributed by atoms with E-state index in [4.69, 9.17) is 5.53 Å². The van der Waals surface area contributed by atoms with E-state index < -0.39 is 0 Å². The summed E-state index contributed by atoms with van der Waals surface area (Å²) in [4.78, 5) is 14.4. The van der Waals surface area contributed by atoms with Gasteiger partial charge in [-0.3, -0.25) is 4.79 Å². The lowest BCUT2D eigenvalue weighted by Crippen LogP contribution is -2.25. The molecule has 0 heterocycles. The zero-order valence-corrected chi connectivity index (χ0v) is 9.91. The van der Waals surface area contributed by atoms with Crippen molar-refractivity contribution in [1.82, 2.24) is 5.32 Å². The van der Waals surface area contributed by atoms with Gasteiger partial charge in [-0.2, -0.15) is 0 Å². The van der Waals surface area contributed by atoms with Gasteiger partial charge in [0.15, 0.2) is 0 Å². The second kappa shape index (κ2) is 5.89. The highest BCUT2D eigenvalue weighted by molar-refractivity contribution is 5.94. The van der Waals surface area contributed by atoms with Gasteiger partial charge in [0, 0.05) is 23.1 Å². The highest BCUT2D eigenvalue weighted by Crippen LogP contribution is 2.19. The topological polar surface area (TPSA) is 77.9 Å². The van der Waals surface area contributed by atoms with Crippen LogP contribution < -0.4 is 5.32 Å². The summed E-state index contributed by atoms with van der Waals surface area (Å²) in [5.74, 6) is -0.0119. The number of hydrogen-bond donors (Lipinski definition) is 1. The molecular weight excluding hydrogens is 228 g/mol. The van der Waals surface area contributed by atoms with E-state index in [9.17, 15) is 4.79 Å². The highest BCUT2D eigenvalue weighted by Gasteiger charge is 2.23. The molecule has 0 radical (unpaired) electrons. The van der Waals surface area contributed by atoms with Crippen molar-refractivity contribution in [3.05, 3.63) is 51.9 Å². The van der Waals surface area contributed by atoms with Crippen molar-refractivity contribution in [1.29, 1.82) is 0 Å². The number of amides is 1. The normalized spacial score (nSPS) is 14.2. The third kappa shape index (κ3) is 3.64. The van der Waals surface area contributed by atoms with Gasteiger partial charge < -0.3 is 5.32 Å². The van der Waals surface area contributed by atoms with Gasteiger partial charge in [-0.05, 0) is 36.1 Å². The van der Waals surface area contributed by atoms with E-state index >= 15 is 0 Å². The summed E-state index contributed by atoms with van der Waals surface area (Å²) >= 11 is 0. The van der Waals surface area contributed by atoms with Crippen LogP contribution in [0.1, 0.15) is 28.8 Å². The van der Waals surface area contributed by atoms with E-state index in [1.165, 1.54) is 0 Å². The molecule has 92 valence electrons. The quantitative estimate of drug-likeness (QED) is 0.481. The molecule has 1 aromatic rings. The van der Waals surface area contributed by atoms with E-state index in [1.807, 2.05) is 18.2 Å². The fourth-order valence-electron chi connectivity index (χ4n) is 1.51. The first-order valence-corrected chi connectivity index (χ1v) is 5.88. The lowest BCUT2D eigenvalue weighted by molar-refractivity contribution is 0.0951. The van der Waals surface area contributed by atoms with Crippen molar-refractivity contribution < 1.29 is 4.79 Å². The Labute approximate surface area is 105 Å². The number of hydrogen-bond acceptors (Lipinski definition) is 2. The zero-order chi connectivity index (χ0) is 12.8. The van der Waals surface area contributed by atoms with Gasteiger partial charge >= 0.3 is 0 Å². The molecule has 1 aliphatic rings. The number of carbonyl (C=O) groups excluding carboxylic acids is 1. The van der Waals surface area contributed by atoms with E-state index in [-0.39, 0.29) is 5.91 Å². The third-order valence-electron chi connectivity index (χ3n) is 2.65. The molecule has 0 unspecified atom stereocenters. The fourth-order valence-corrected chi connectivity index (χ4v) is 1.51. The molecule has 18 heavy (non-hydrogen) atoms. The van der Waals surface area contributed by atoms with Crippen LogP contribution in [0.3, 0.4) is 0 Å². The van der Waals surface area contributed by atoms with Crippen LogP contribution in [0.15, 0.2) is 35.5 Å². The van der Waals surface area contributed by atoms with Crippen LogP contribution in [0.5, 0.6) is 0 Å². The molecular formula is C13H14N4O. The van der Waals surface area contributed by atoms with E-state index in [0.717, 1.165) is 18.4 Å². The summed E-state index contributed by atoms with van der Waals surface area (Å²) in [7, 11) is 0. The molecule has 0 aliphatic heterocycles. The Bertz CT molecular complexity index is 496. The molecule has 1 N–H and O–H groups in total. The molecule has 5 heteroatoms. The highest BCUT2D eigenvalue weighted by atomic mass is 16.1. The second-order valence-electron chi connectivity index (χ2n) is 4.19. The minimum absolute atomic E-state index is 0.0119. The number of benzene rings is 1. The summed E-state index contributed by atoms with van der Waals surface area (Å²) in [6.07, 6.45) is 5.81.